The number of hydrogen-bond acceptors (Lipinski definition) is 1. The molecule has 0 aliphatic carbocycles. The number of halogens is 6. The van der Waals surface area contributed by atoms with Crippen molar-refractivity contribution in [2.75, 3.05) is 0 Å². The van der Waals surface area contributed by atoms with Gasteiger partial charge in [-0.2, -0.15) is 0 Å². The summed E-state index contributed by atoms with van der Waals surface area (Å²) in [6, 6.07) is 5.72. The fourth-order valence-corrected chi connectivity index (χ4v) is 0.313. The molecule has 0 aliphatic rings. The number of nitrogens with zero attached hydrogens (tertiary/aromatic N) is 1. The molecule has 0 saturated carbocycles. The Morgan fingerprint density at radius 3 is 1.07 bits per heavy atom. The SMILES string of the molecule is F[P-](F)(F)(F)(F)F.[Li+].c1ccncc1. The third-order valence-electron chi connectivity index (χ3n) is 0.566. The van der Waals surface area contributed by atoms with Crippen molar-refractivity contribution in [1.82, 2.24) is 4.98 Å². The van der Waals surface area contributed by atoms with Gasteiger partial charge < -0.3 is 0 Å². The van der Waals surface area contributed by atoms with E-state index in [2.05, 4.69) is 4.98 Å². The monoisotopic (exact) mass is 231 g/mol. The molecule has 1 nitrogen and oxygen atoms in total. The zero-order valence-corrected chi connectivity index (χ0v) is 7.94. The van der Waals surface area contributed by atoms with E-state index in [1.165, 1.54) is 0 Å². The zero-order valence-electron chi connectivity index (χ0n) is 7.05. The third kappa shape index (κ3) is 41.0. The minimum Gasteiger partial charge on any atom is -0.265 e. The van der Waals surface area contributed by atoms with Crippen LogP contribution in [-0.2, 0) is 0 Å². The van der Waals surface area contributed by atoms with E-state index < -0.39 is 7.81 Å². The molecule has 0 atom stereocenters. The molecule has 0 fully saturated rings. The predicted octanol–water partition coefficient (Wildman–Crippen LogP) is 1.47. The van der Waals surface area contributed by atoms with Gasteiger partial charge in [-0.25, -0.2) is 0 Å². The van der Waals surface area contributed by atoms with Crippen LogP contribution in [0.25, 0.3) is 0 Å². The molecule has 0 radical (unpaired) electrons. The maximum absolute atomic E-state index is 10.7. The first-order chi connectivity index (χ1) is 5.45. The van der Waals surface area contributed by atoms with E-state index in [9.17, 15) is 25.2 Å². The van der Waals surface area contributed by atoms with Gasteiger partial charge in [-0.1, -0.05) is 6.07 Å². The summed E-state index contributed by atoms with van der Waals surface area (Å²) in [5.74, 6) is 0. The van der Waals surface area contributed by atoms with Crippen molar-refractivity contribution in [3.8, 4) is 0 Å². The zero-order chi connectivity index (χ0) is 10.7. The van der Waals surface area contributed by atoms with E-state index >= 15 is 0 Å². The van der Waals surface area contributed by atoms with Crippen LogP contribution in [0.15, 0.2) is 30.6 Å². The second kappa shape index (κ2) is 4.09. The molecule has 0 aromatic carbocycles. The van der Waals surface area contributed by atoms with Gasteiger partial charge >= 0.3 is 51.9 Å². The van der Waals surface area contributed by atoms with Gasteiger partial charge in [0, 0.05) is 12.4 Å². The van der Waals surface area contributed by atoms with Crippen LogP contribution in [0.5, 0.6) is 0 Å². The van der Waals surface area contributed by atoms with Gasteiger partial charge in [0.15, 0.2) is 0 Å². The smallest absolute Gasteiger partial charge is 0.265 e. The van der Waals surface area contributed by atoms with Crippen molar-refractivity contribution in [3.05, 3.63) is 30.6 Å². The molecule has 1 aromatic heterocycles. The Balaban J connectivity index is 0. The molecular weight excluding hydrogens is 226 g/mol. The average molecular weight is 231 g/mol. The van der Waals surface area contributed by atoms with Crippen molar-refractivity contribution in [2.45, 2.75) is 0 Å². The number of aromatic nitrogens is 1. The van der Waals surface area contributed by atoms with E-state index in [-0.39, 0.29) is 18.9 Å². The normalized spacial score (nSPS) is 15.0. The fraction of sp³-hybridized carbons (Fsp3) is 0. The van der Waals surface area contributed by atoms with Crippen LogP contribution in [0.1, 0.15) is 0 Å². The van der Waals surface area contributed by atoms with E-state index in [1.807, 2.05) is 18.2 Å². The summed E-state index contributed by atoms with van der Waals surface area (Å²) in [5, 5.41) is 0. The molecule has 0 unspecified atom stereocenters. The molecule has 0 bridgehead atoms. The summed E-state index contributed by atoms with van der Waals surface area (Å²) in [6.45, 7) is 0. The maximum atomic E-state index is 9.87. The molecule has 1 heterocycles. The van der Waals surface area contributed by atoms with E-state index in [4.69, 9.17) is 0 Å². The second-order valence-electron chi connectivity index (χ2n) is 1.98. The third-order valence-corrected chi connectivity index (χ3v) is 0.566. The molecule has 0 saturated heterocycles. The van der Waals surface area contributed by atoms with Crippen LogP contribution in [0.2, 0.25) is 0 Å². The summed E-state index contributed by atoms with van der Waals surface area (Å²) in [5.41, 5.74) is 0. The Hall–Kier alpha value is -0.243. The number of rotatable bonds is 0. The Morgan fingerprint density at radius 1 is 0.714 bits per heavy atom. The van der Waals surface area contributed by atoms with Crippen molar-refractivity contribution in [1.29, 1.82) is 0 Å². The molecule has 78 valence electrons. The van der Waals surface area contributed by atoms with Gasteiger partial charge in [0.05, 0.1) is 0 Å². The minimum absolute atomic E-state index is 0. The molecule has 0 spiro atoms. The molecule has 0 aliphatic heterocycles. The largest absolute Gasteiger partial charge is 1.00 e. The van der Waals surface area contributed by atoms with Crippen LogP contribution in [-0.4, -0.2) is 4.98 Å². The standard InChI is InChI=1S/C5H5N.F6P.Li/c1-2-4-6-5-3-1;1-7(2,3,4,5)6;/h1-5H;;/q;-1;+1. The van der Waals surface area contributed by atoms with Crippen LogP contribution in [0, 0.1) is 0 Å². The summed E-state index contributed by atoms with van der Waals surface area (Å²) >= 11 is 0. The Morgan fingerprint density at radius 2 is 1.00 bits per heavy atom. The predicted molar refractivity (Wildman–Crippen MR) is 37.8 cm³/mol. The average Bonchev–Trinajstić information content (AvgIpc) is 1.84. The van der Waals surface area contributed by atoms with Crippen LogP contribution in [0.3, 0.4) is 0 Å². The number of pyridine rings is 1. The summed E-state index contributed by atoms with van der Waals surface area (Å²) in [4.78, 5) is 3.78. The molecule has 9 heteroatoms. The van der Waals surface area contributed by atoms with Crippen molar-refractivity contribution >= 4 is 7.81 Å². The van der Waals surface area contributed by atoms with Crippen LogP contribution < -0.4 is 18.9 Å². The van der Waals surface area contributed by atoms with E-state index in [0.29, 0.717) is 0 Å². The first-order valence-electron chi connectivity index (χ1n) is 2.86. The topological polar surface area (TPSA) is 12.9 Å². The van der Waals surface area contributed by atoms with Gasteiger partial charge in [0.25, 0.3) is 0 Å². The van der Waals surface area contributed by atoms with Gasteiger partial charge in [-0.3, -0.25) is 4.98 Å². The molecule has 1 rings (SSSR count). The number of hydrogen-bond donors (Lipinski definition) is 0. The molecule has 1 aromatic rings. The van der Waals surface area contributed by atoms with Crippen LogP contribution >= 0.6 is 7.81 Å². The van der Waals surface area contributed by atoms with Gasteiger partial charge in [-0.15, -0.1) is 0 Å². The van der Waals surface area contributed by atoms with Gasteiger partial charge in [0.1, 0.15) is 0 Å². The molecule has 0 amide bonds. The van der Waals surface area contributed by atoms with E-state index in [0.717, 1.165) is 0 Å². The second-order valence-corrected chi connectivity index (χ2v) is 3.90. The first kappa shape index (κ1) is 16.2. The Bertz CT molecular complexity index is 218. The maximum Gasteiger partial charge on any atom is 1.00 e. The molecule has 14 heavy (non-hydrogen) atoms. The van der Waals surface area contributed by atoms with Gasteiger partial charge in [0.2, 0.25) is 0 Å². The van der Waals surface area contributed by atoms with E-state index in [1.54, 1.807) is 12.4 Å². The summed E-state index contributed by atoms with van der Waals surface area (Å²) in [7, 11) is -10.7. The van der Waals surface area contributed by atoms with Crippen molar-refractivity contribution in [2.24, 2.45) is 0 Å². The molecule has 0 N–H and O–H groups in total. The van der Waals surface area contributed by atoms with Crippen molar-refractivity contribution < 1.29 is 44.0 Å². The van der Waals surface area contributed by atoms with Gasteiger partial charge in [-0.05, 0) is 12.1 Å². The van der Waals surface area contributed by atoms with Crippen LogP contribution in [0.4, 0.5) is 25.2 Å². The molecular formula is C5H5F6LiNP. The Labute approximate surface area is 87.9 Å². The quantitative estimate of drug-likeness (QED) is 0.374. The Kier molecular flexibility index (Phi) is 4.74. The van der Waals surface area contributed by atoms with Crippen molar-refractivity contribution in [3.63, 3.8) is 0 Å². The minimum atomic E-state index is -10.7. The summed E-state index contributed by atoms with van der Waals surface area (Å²) in [6.07, 6.45) is 3.50. The first-order valence-corrected chi connectivity index (χ1v) is 4.89. The summed E-state index contributed by atoms with van der Waals surface area (Å²) < 4.78 is 59.2. The fourth-order valence-electron chi connectivity index (χ4n) is 0.313.